The van der Waals surface area contributed by atoms with E-state index in [1.54, 1.807) is 38.1 Å². The summed E-state index contributed by atoms with van der Waals surface area (Å²) in [6, 6.07) is 7.79. The number of esters is 1. The van der Waals surface area contributed by atoms with Crippen molar-refractivity contribution in [1.82, 2.24) is 10.6 Å². The number of benzene rings is 1. The van der Waals surface area contributed by atoms with Gasteiger partial charge in [-0.2, -0.15) is 0 Å². The fourth-order valence-corrected chi connectivity index (χ4v) is 2.36. The third-order valence-electron chi connectivity index (χ3n) is 3.98. The van der Waals surface area contributed by atoms with Crippen LogP contribution in [0.5, 0.6) is 0 Å². The minimum Gasteiger partial charge on any atom is -0.464 e. The molecule has 0 fully saturated rings. The van der Waals surface area contributed by atoms with Gasteiger partial charge in [-0.3, -0.25) is 9.59 Å². The highest BCUT2D eigenvalue weighted by atomic mass is 16.5. The molecule has 0 aromatic heterocycles. The maximum atomic E-state index is 12.2. The van der Waals surface area contributed by atoms with Crippen LogP contribution >= 0.6 is 0 Å². The molecule has 25 heavy (non-hydrogen) atoms. The number of nitrogens with one attached hydrogen (secondary N) is 2. The first-order valence-electron chi connectivity index (χ1n) is 8.70. The summed E-state index contributed by atoms with van der Waals surface area (Å²) in [5.74, 6) is -0.979. The Kier molecular flexibility index (Phi) is 8.67. The van der Waals surface area contributed by atoms with Crippen molar-refractivity contribution in [3.05, 3.63) is 35.9 Å². The molecule has 138 valence electrons. The molecule has 0 unspecified atom stereocenters. The van der Waals surface area contributed by atoms with E-state index in [2.05, 4.69) is 10.6 Å². The van der Waals surface area contributed by atoms with Crippen LogP contribution in [0.25, 0.3) is 0 Å². The third-order valence-corrected chi connectivity index (χ3v) is 3.98. The van der Waals surface area contributed by atoms with Crippen LogP contribution in [0.4, 0.5) is 0 Å². The maximum Gasteiger partial charge on any atom is 0.328 e. The molecule has 2 N–H and O–H groups in total. The molecule has 2 amide bonds. The molecule has 0 saturated carbocycles. The number of ether oxygens (including phenoxy) is 1. The monoisotopic (exact) mass is 348 g/mol. The molecule has 1 aromatic carbocycles. The van der Waals surface area contributed by atoms with Gasteiger partial charge in [-0.15, -0.1) is 0 Å². The van der Waals surface area contributed by atoms with E-state index in [-0.39, 0.29) is 36.8 Å². The van der Waals surface area contributed by atoms with E-state index in [1.165, 1.54) is 0 Å². The average molecular weight is 348 g/mol. The summed E-state index contributed by atoms with van der Waals surface area (Å²) >= 11 is 0. The first-order valence-corrected chi connectivity index (χ1v) is 8.70. The quantitative estimate of drug-likeness (QED) is 0.671. The number of rotatable bonds is 9. The Hall–Kier alpha value is -2.37. The molecular weight excluding hydrogens is 320 g/mol. The van der Waals surface area contributed by atoms with Gasteiger partial charge in [-0.25, -0.2) is 4.79 Å². The number of carbonyl (C=O) groups is 3. The van der Waals surface area contributed by atoms with Crippen molar-refractivity contribution >= 4 is 17.8 Å². The number of hydrogen-bond acceptors (Lipinski definition) is 4. The fourth-order valence-electron chi connectivity index (χ4n) is 2.36. The number of hydrogen-bond donors (Lipinski definition) is 2. The van der Waals surface area contributed by atoms with Crippen molar-refractivity contribution in [1.29, 1.82) is 0 Å². The van der Waals surface area contributed by atoms with Crippen LogP contribution in [0, 0.1) is 5.92 Å². The van der Waals surface area contributed by atoms with Crippen LogP contribution in [-0.2, 0) is 14.3 Å². The predicted octanol–water partition coefficient (Wildman–Crippen LogP) is 2.29. The van der Waals surface area contributed by atoms with E-state index in [0.29, 0.717) is 5.56 Å². The van der Waals surface area contributed by atoms with Gasteiger partial charge < -0.3 is 15.4 Å². The molecule has 0 heterocycles. The lowest BCUT2D eigenvalue weighted by Crippen LogP contribution is -2.47. The smallest absolute Gasteiger partial charge is 0.328 e. The van der Waals surface area contributed by atoms with Gasteiger partial charge in [0.05, 0.1) is 6.61 Å². The molecule has 0 spiro atoms. The molecule has 3 atom stereocenters. The molecule has 1 rings (SSSR count). The second kappa shape index (κ2) is 10.5. The highest BCUT2D eigenvalue weighted by Crippen LogP contribution is 2.10. The number of carbonyl (C=O) groups excluding carboxylic acids is 3. The Morgan fingerprint density at radius 2 is 1.68 bits per heavy atom. The summed E-state index contributed by atoms with van der Waals surface area (Å²) in [6.07, 6.45) is 0.828. The summed E-state index contributed by atoms with van der Waals surface area (Å²) in [7, 11) is 0. The SMILES string of the molecule is CCOC(=O)[C@H](NC(=O)C[C@H](C)NC(=O)c1ccccc1)[C@@H](C)CC. The molecule has 0 aliphatic heterocycles. The Labute approximate surface area is 149 Å². The predicted molar refractivity (Wildman–Crippen MR) is 96.0 cm³/mol. The zero-order valence-electron chi connectivity index (χ0n) is 15.4. The summed E-state index contributed by atoms with van der Waals surface area (Å²) in [5, 5.41) is 5.51. The first kappa shape index (κ1) is 20.7. The molecule has 1 aromatic rings. The zero-order chi connectivity index (χ0) is 18.8. The Balaban J connectivity index is 2.57. The maximum absolute atomic E-state index is 12.2. The summed E-state index contributed by atoms with van der Waals surface area (Å²) in [6.45, 7) is 7.59. The minimum absolute atomic E-state index is 0.0304. The van der Waals surface area contributed by atoms with E-state index in [0.717, 1.165) is 6.42 Å². The third kappa shape index (κ3) is 6.95. The first-order chi connectivity index (χ1) is 11.9. The largest absolute Gasteiger partial charge is 0.464 e. The molecular formula is C19H28N2O4. The lowest BCUT2D eigenvalue weighted by atomic mass is 9.99. The van der Waals surface area contributed by atoms with Crippen molar-refractivity contribution in [2.24, 2.45) is 5.92 Å². The van der Waals surface area contributed by atoms with Gasteiger partial charge in [0, 0.05) is 18.0 Å². The van der Waals surface area contributed by atoms with Crippen molar-refractivity contribution in [2.75, 3.05) is 6.61 Å². The number of amides is 2. The van der Waals surface area contributed by atoms with E-state index < -0.39 is 12.0 Å². The van der Waals surface area contributed by atoms with Crippen molar-refractivity contribution < 1.29 is 19.1 Å². The summed E-state index contributed by atoms with van der Waals surface area (Å²) in [5.41, 5.74) is 0.541. The average Bonchev–Trinajstić information content (AvgIpc) is 2.59. The van der Waals surface area contributed by atoms with Crippen LogP contribution in [0.1, 0.15) is 50.9 Å². The Bertz CT molecular complexity index is 574. The van der Waals surface area contributed by atoms with Crippen LogP contribution in [0.15, 0.2) is 30.3 Å². The topological polar surface area (TPSA) is 84.5 Å². The van der Waals surface area contributed by atoms with Gasteiger partial charge in [0.25, 0.3) is 5.91 Å². The molecule has 0 aliphatic carbocycles. The Morgan fingerprint density at radius 3 is 2.24 bits per heavy atom. The minimum atomic E-state index is -0.672. The second-order valence-corrected chi connectivity index (χ2v) is 6.13. The second-order valence-electron chi connectivity index (χ2n) is 6.13. The molecule has 0 bridgehead atoms. The normalized spacial score (nSPS) is 14.1. The van der Waals surface area contributed by atoms with Gasteiger partial charge >= 0.3 is 5.97 Å². The van der Waals surface area contributed by atoms with Crippen LogP contribution < -0.4 is 10.6 Å². The van der Waals surface area contributed by atoms with Gasteiger partial charge in [0.1, 0.15) is 6.04 Å². The van der Waals surface area contributed by atoms with E-state index in [9.17, 15) is 14.4 Å². The Morgan fingerprint density at radius 1 is 1.04 bits per heavy atom. The highest BCUT2D eigenvalue weighted by molar-refractivity contribution is 5.94. The fraction of sp³-hybridized carbons (Fsp3) is 0.526. The standard InChI is InChI=1S/C19H28N2O4/c1-5-13(3)17(19(24)25-6-2)21-16(22)12-14(4)20-18(23)15-10-8-7-9-11-15/h7-11,13-14,17H,5-6,12H2,1-4H3,(H,20,23)(H,21,22)/t13-,14-,17+/m0/s1. The van der Waals surface area contributed by atoms with Crippen LogP contribution in [-0.4, -0.2) is 36.5 Å². The van der Waals surface area contributed by atoms with Gasteiger partial charge in [-0.05, 0) is 31.9 Å². The van der Waals surface area contributed by atoms with Crippen LogP contribution in [0.3, 0.4) is 0 Å². The van der Waals surface area contributed by atoms with Gasteiger partial charge in [0.2, 0.25) is 5.91 Å². The molecule has 0 aliphatic rings. The lowest BCUT2D eigenvalue weighted by molar-refractivity contribution is -0.149. The van der Waals surface area contributed by atoms with E-state index >= 15 is 0 Å². The van der Waals surface area contributed by atoms with Crippen molar-refractivity contribution in [2.45, 2.75) is 52.6 Å². The molecule has 6 nitrogen and oxygen atoms in total. The van der Waals surface area contributed by atoms with Crippen molar-refractivity contribution in [3.63, 3.8) is 0 Å². The highest BCUT2D eigenvalue weighted by Gasteiger charge is 2.27. The van der Waals surface area contributed by atoms with Crippen molar-refractivity contribution in [3.8, 4) is 0 Å². The summed E-state index contributed by atoms with van der Waals surface area (Å²) < 4.78 is 5.03. The lowest BCUT2D eigenvalue weighted by Gasteiger charge is -2.23. The summed E-state index contributed by atoms with van der Waals surface area (Å²) in [4.78, 5) is 36.4. The molecule has 0 radical (unpaired) electrons. The zero-order valence-corrected chi connectivity index (χ0v) is 15.4. The van der Waals surface area contributed by atoms with Crippen LogP contribution in [0.2, 0.25) is 0 Å². The molecule has 6 heteroatoms. The van der Waals surface area contributed by atoms with Gasteiger partial charge in [0.15, 0.2) is 0 Å². The molecule has 0 saturated heterocycles. The van der Waals surface area contributed by atoms with Gasteiger partial charge in [-0.1, -0.05) is 38.5 Å². The van der Waals surface area contributed by atoms with E-state index in [4.69, 9.17) is 4.74 Å². The van der Waals surface area contributed by atoms with E-state index in [1.807, 2.05) is 19.9 Å².